The zero-order valence-electron chi connectivity index (χ0n) is 17.0. The molecule has 0 bridgehead atoms. The molecule has 0 radical (unpaired) electrons. The van der Waals surface area contributed by atoms with Crippen molar-refractivity contribution in [1.29, 1.82) is 0 Å². The number of aliphatic hydroxyl groups excluding tert-OH is 1. The fourth-order valence-corrected chi connectivity index (χ4v) is 4.61. The van der Waals surface area contributed by atoms with Crippen molar-refractivity contribution in [2.75, 3.05) is 13.4 Å². The number of aromatic amines is 1. The number of rotatable bonds is 5. The van der Waals surface area contributed by atoms with E-state index in [0.717, 1.165) is 21.8 Å². The lowest BCUT2D eigenvalue weighted by atomic mass is 9.95. The van der Waals surface area contributed by atoms with Gasteiger partial charge in [0.2, 0.25) is 6.79 Å². The van der Waals surface area contributed by atoms with Gasteiger partial charge in [-0.25, -0.2) is 0 Å². The molecule has 2 amide bonds. The monoisotopic (exact) mass is 429 g/mol. The second kappa shape index (κ2) is 7.00. The number of nitrogens with one attached hydrogen (secondary N) is 2. The number of imide groups is 1. The van der Waals surface area contributed by atoms with Crippen molar-refractivity contribution in [3.05, 3.63) is 59.9 Å². The molecule has 8 nitrogen and oxygen atoms in total. The number of hydrogen-bond acceptors (Lipinski definition) is 5. The Kier molecular flexibility index (Phi) is 4.09. The summed E-state index contributed by atoms with van der Waals surface area (Å²) in [6.45, 7) is 0.689. The average Bonchev–Trinajstić information content (AvgIpc) is 3.55. The predicted octanol–water partition coefficient (Wildman–Crippen LogP) is 2.80. The number of amides is 2. The van der Waals surface area contributed by atoms with Crippen molar-refractivity contribution in [2.45, 2.75) is 13.0 Å². The van der Waals surface area contributed by atoms with Crippen LogP contribution in [-0.4, -0.2) is 39.9 Å². The molecule has 2 aliphatic heterocycles. The molecule has 0 saturated heterocycles. The minimum Gasteiger partial charge on any atom is -0.454 e. The van der Waals surface area contributed by atoms with Crippen molar-refractivity contribution in [1.82, 2.24) is 14.9 Å². The maximum Gasteiger partial charge on any atom is 0.259 e. The van der Waals surface area contributed by atoms with E-state index in [0.29, 0.717) is 46.7 Å². The van der Waals surface area contributed by atoms with Gasteiger partial charge in [-0.3, -0.25) is 14.9 Å². The number of ether oxygens (including phenoxy) is 2. The van der Waals surface area contributed by atoms with Gasteiger partial charge in [-0.15, -0.1) is 0 Å². The number of aliphatic hydroxyl groups is 1. The summed E-state index contributed by atoms with van der Waals surface area (Å²) >= 11 is 0. The molecule has 0 aliphatic carbocycles. The van der Waals surface area contributed by atoms with Gasteiger partial charge in [-0.2, -0.15) is 0 Å². The van der Waals surface area contributed by atoms with Gasteiger partial charge in [0, 0.05) is 47.6 Å². The lowest BCUT2D eigenvalue weighted by Crippen LogP contribution is -2.22. The maximum atomic E-state index is 13.1. The lowest BCUT2D eigenvalue weighted by Gasteiger charge is -2.05. The first-order valence-corrected chi connectivity index (χ1v) is 10.4. The Morgan fingerprint density at radius 1 is 1.00 bits per heavy atom. The topological polar surface area (TPSA) is 106 Å². The van der Waals surface area contributed by atoms with Crippen LogP contribution in [0.4, 0.5) is 0 Å². The number of hydrogen-bond donors (Lipinski definition) is 3. The quantitative estimate of drug-likeness (QED) is 0.423. The van der Waals surface area contributed by atoms with Crippen molar-refractivity contribution >= 4 is 44.8 Å². The highest BCUT2D eigenvalue weighted by Crippen LogP contribution is 2.46. The van der Waals surface area contributed by atoms with Gasteiger partial charge in [0.1, 0.15) is 0 Å². The molecular weight excluding hydrogens is 410 g/mol. The van der Waals surface area contributed by atoms with E-state index in [1.54, 1.807) is 6.20 Å². The Labute approximate surface area is 182 Å². The molecule has 160 valence electrons. The number of benzene rings is 2. The molecular formula is C24H19N3O5. The van der Waals surface area contributed by atoms with Crippen LogP contribution in [0.25, 0.3) is 33.0 Å². The van der Waals surface area contributed by atoms with Crippen LogP contribution in [0.1, 0.15) is 17.5 Å². The minimum absolute atomic E-state index is 0.0435. The number of para-hydroxylation sites is 1. The van der Waals surface area contributed by atoms with Crippen LogP contribution in [0.5, 0.6) is 11.5 Å². The Morgan fingerprint density at radius 3 is 2.66 bits per heavy atom. The van der Waals surface area contributed by atoms with E-state index in [1.165, 1.54) is 0 Å². The van der Waals surface area contributed by atoms with E-state index < -0.39 is 11.8 Å². The zero-order chi connectivity index (χ0) is 21.8. The smallest absolute Gasteiger partial charge is 0.259 e. The van der Waals surface area contributed by atoms with E-state index >= 15 is 0 Å². The molecule has 3 N–H and O–H groups in total. The number of aryl methyl sites for hydroxylation is 1. The van der Waals surface area contributed by atoms with Crippen LogP contribution in [0.2, 0.25) is 0 Å². The van der Waals surface area contributed by atoms with E-state index in [-0.39, 0.29) is 13.4 Å². The largest absolute Gasteiger partial charge is 0.454 e. The van der Waals surface area contributed by atoms with Crippen LogP contribution >= 0.6 is 0 Å². The van der Waals surface area contributed by atoms with Gasteiger partial charge in [0.25, 0.3) is 11.8 Å². The Balaban J connectivity index is 1.67. The molecule has 4 aromatic rings. The predicted molar refractivity (Wildman–Crippen MR) is 118 cm³/mol. The molecule has 6 rings (SSSR count). The van der Waals surface area contributed by atoms with Gasteiger partial charge >= 0.3 is 0 Å². The van der Waals surface area contributed by atoms with Gasteiger partial charge in [-0.05, 0) is 24.6 Å². The molecule has 0 spiro atoms. The van der Waals surface area contributed by atoms with E-state index in [2.05, 4.69) is 10.3 Å². The van der Waals surface area contributed by atoms with Crippen LogP contribution < -0.4 is 14.8 Å². The van der Waals surface area contributed by atoms with E-state index in [4.69, 9.17) is 9.47 Å². The fraction of sp³-hybridized carbons (Fsp3) is 0.167. The van der Waals surface area contributed by atoms with E-state index in [9.17, 15) is 14.7 Å². The highest BCUT2D eigenvalue weighted by Gasteiger charge is 2.36. The molecule has 0 saturated carbocycles. The molecule has 32 heavy (non-hydrogen) atoms. The highest BCUT2D eigenvalue weighted by atomic mass is 16.7. The average molecular weight is 429 g/mol. The van der Waals surface area contributed by atoms with Crippen LogP contribution in [0, 0.1) is 0 Å². The Morgan fingerprint density at radius 2 is 1.81 bits per heavy atom. The molecule has 4 heterocycles. The Hall–Kier alpha value is -4.04. The molecule has 8 heteroatoms. The summed E-state index contributed by atoms with van der Waals surface area (Å²) in [4.78, 5) is 29.2. The first kappa shape index (κ1) is 18.7. The molecule has 0 unspecified atom stereocenters. The number of nitrogens with zero attached hydrogens (tertiary/aromatic N) is 1. The first-order valence-electron chi connectivity index (χ1n) is 10.4. The summed E-state index contributed by atoms with van der Waals surface area (Å²) in [7, 11) is 0. The first-order chi connectivity index (χ1) is 15.7. The van der Waals surface area contributed by atoms with Crippen LogP contribution in [0.15, 0.2) is 48.8 Å². The summed E-state index contributed by atoms with van der Waals surface area (Å²) in [5.74, 6) is 0.263. The summed E-state index contributed by atoms with van der Waals surface area (Å²) in [6, 6.07) is 11.4. The lowest BCUT2D eigenvalue weighted by molar-refractivity contribution is -0.122. The summed E-state index contributed by atoms with van der Waals surface area (Å²) in [6.07, 6.45) is 4.16. The fourth-order valence-electron chi connectivity index (χ4n) is 4.61. The standard InChI is InChI=1S/C24H19N3O5/c28-9-3-8-27-11-15(19-17(27)6-7-18-22(19)32-12-31-18)21-20(23(29)26-24(21)30)14-10-25-16-5-2-1-4-13(14)16/h1-2,4-7,10-11,25,28H,3,8-9,12H2,(H,26,29,30). The number of aromatic nitrogens is 2. The van der Waals surface area contributed by atoms with Gasteiger partial charge in [0.15, 0.2) is 11.5 Å². The SMILES string of the molecule is O=C1NC(=O)C(c2cn(CCCO)c3ccc4c(c23)OCO4)=C1c1c[nH]c2ccccc12. The molecule has 0 atom stereocenters. The van der Waals surface area contributed by atoms with Crippen LogP contribution in [0.3, 0.4) is 0 Å². The third kappa shape index (κ3) is 2.59. The molecule has 2 aromatic heterocycles. The van der Waals surface area contributed by atoms with Crippen LogP contribution in [-0.2, 0) is 16.1 Å². The number of H-pyrrole nitrogens is 1. The summed E-state index contributed by atoms with van der Waals surface area (Å²) in [5, 5.41) is 13.4. The number of fused-ring (bicyclic) bond motifs is 4. The van der Waals surface area contributed by atoms with Crippen molar-refractivity contribution in [3.63, 3.8) is 0 Å². The highest BCUT2D eigenvalue weighted by molar-refractivity contribution is 6.51. The summed E-state index contributed by atoms with van der Waals surface area (Å²) in [5.41, 5.74) is 3.62. The van der Waals surface area contributed by atoms with E-state index in [1.807, 2.05) is 47.2 Å². The van der Waals surface area contributed by atoms with Gasteiger partial charge < -0.3 is 24.1 Å². The Bertz CT molecular complexity index is 1460. The zero-order valence-corrected chi connectivity index (χ0v) is 17.0. The third-order valence-corrected chi connectivity index (χ3v) is 6.00. The minimum atomic E-state index is -0.451. The van der Waals surface area contributed by atoms with Crippen molar-refractivity contribution in [2.24, 2.45) is 0 Å². The van der Waals surface area contributed by atoms with Crippen molar-refractivity contribution in [3.8, 4) is 11.5 Å². The van der Waals surface area contributed by atoms with Gasteiger partial charge in [0.05, 0.1) is 22.0 Å². The van der Waals surface area contributed by atoms with Gasteiger partial charge in [-0.1, -0.05) is 18.2 Å². The van der Waals surface area contributed by atoms with Crippen molar-refractivity contribution < 1.29 is 24.2 Å². The maximum absolute atomic E-state index is 13.1. The third-order valence-electron chi connectivity index (χ3n) is 6.00. The second-order valence-corrected chi connectivity index (χ2v) is 7.79. The second-order valence-electron chi connectivity index (χ2n) is 7.79. The number of carbonyl (C=O) groups is 2. The number of carbonyl (C=O) groups excluding carboxylic acids is 2. The molecule has 0 fully saturated rings. The normalized spacial score (nSPS) is 15.4. The molecule has 2 aliphatic rings. The molecule has 2 aromatic carbocycles. The summed E-state index contributed by atoms with van der Waals surface area (Å²) < 4.78 is 13.3.